The number of pyridine rings is 1. The zero-order valence-corrected chi connectivity index (χ0v) is 16.1. The number of hydrogen-bond donors (Lipinski definition) is 1. The molecule has 150 valence electrons. The fraction of sp³-hybridized carbons (Fsp3) is 0.350. The second kappa shape index (κ2) is 8.36. The van der Waals surface area contributed by atoms with E-state index in [9.17, 15) is 9.59 Å². The van der Waals surface area contributed by atoms with Crippen molar-refractivity contribution in [1.82, 2.24) is 30.4 Å². The number of hydrogen-bond acceptors (Lipinski definition) is 7. The van der Waals surface area contributed by atoms with Gasteiger partial charge in [-0.2, -0.15) is 0 Å². The molecule has 0 radical (unpaired) electrons. The molecular weight excluding hydrogens is 372 g/mol. The summed E-state index contributed by atoms with van der Waals surface area (Å²) in [6.07, 6.45) is 1.84. The minimum absolute atomic E-state index is 0.101. The lowest BCUT2D eigenvalue weighted by Gasteiger charge is -2.35. The average molecular weight is 394 g/mol. The highest BCUT2D eigenvalue weighted by Gasteiger charge is 2.32. The average Bonchev–Trinajstić information content (AvgIpc) is 3.19. The lowest BCUT2D eigenvalue weighted by molar-refractivity contribution is -0.138. The van der Waals surface area contributed by atoms with Crippen LogP contribution >= 0.6 is 0 Å². The monoisotopic (exact) mass is 394 g/mol. The highest BCUT2D eigenvalue weighted by atomic mass is 16.6. The predicted molar refractivity (Wildman–Crippen MR) is 104 cm³/mol. The minimum Gasteiger partial charge on any atom is -0.353 e. The predicted octanol–water partition coefficient (Wildman–Crippen LogP) is 0.967. The Morgan fingerprint density at radius 2 is 2.14 bits per heavy atom. The van der Waals surface area contributed by atoms with Gasteiger partial charge in [-0.05, 0) is 40.1 Å². The molecule has 1 fully saturated rings. The summed E-state index contributed by atoms with van der Waals surface area (Å²) in [6.45, 7) is 2.19. The molecule has 0 spiro atoms. The molecule has 1 aliphatic rings. The molecule has 0 aliphatic carbocycles. The summed E-state index contributed by atoms with van der Waals surface area (Å²) in [7, 11) is 1.73. The number of carbonyl (C=O) groups excluding carboxylic acids is 2. The second-order valence-electron chi connectivity index (χ2n) is 7.14. The van der Waals surface area contributed by atoms with Crippen molar-refractivity contribution in [1.29, 1.82) is 0 Å². The van der Waals surface area contributed by atoms with Crippen LogP contribution in [-0.4, -0.2) is 63.1 Å². The first-order chi connectivity index (χ1) is 14.1. The summed E-state index contributed by atoms with van der Waals surface area (Å²) in [6, 6.07) is 10.7. The van der Waals surface area contributed by atoms with Gasteiger partial charge in [-0.1, -0.05) is 12.1 Å². The van der Waals surface area contributed by atoms with E-state index < -0.39 is 6.04 Å². The van der Waals surface area contributed by atoms with Crippen LogP contribution in [0.4, 0.5) is 0 Å². The van der Waals surface area contributed by atoms with Crippen LogP contribution in [0.25, 0.3) is 11.0 Å². The molecule has 9 nitrogen and oxygen atoms in total. The van der Waals surface area contributed by atoms with Gasteiger partial charge in [0.1, 0.15) is 11.0 Å². The third kappa shape index (κ3) is 4.40. The Kier molecular flexibility index (Phi) is 5.48. The third-order valence-corrected chi connectivity index (χ3v) is 5.06. The normalized spacial score (nSPS) is 17.3. The van der Waals surface area contributed by atoms with Gasteiger partial charge in [-0.15, -0.1) is 0 Å². The number of aromatic nitrogens is 3. The number of fused-ring (bicyclic) bond motifs is 1. The fourth-order valence-corrected chi connectivity index (χ4v) is 3.48. The zero-order chi connectivity index (χ0) is 20.2. The van der Waals surface area contributed by atoms with Crippen molar-refractivity contribution in [3.8, 4) is 0 Å². The van der Waals surface area contributed by atoms with Crippen molar-refractivity contribution < 1.29 is 14.2 Å². The molecule has 1 aromatic carbocycles. The van der Waals surface area contributed by atoms with Gasteiger partial charge in [0.15, 0.2) is 0 Å². The molecule has 2 aromatic heterocycles. The third-order valence-electron chi connectivity index (χ3n) is 5.06. The van der Waals surface area contributed by atoms with Gasteiger partial charge in [0.25, 0.3) is 0 Å². The molecule has 1 atom stereocenters. The maximum Gasteiger partial charge on any atom is 0.237 e. The Balaban J connectivity index is 1.41. The molecule has 1 N–H and O–H groups in total. The van der Waals surface area contributed by atoms with Crippen molar-refractivity contribution in [2.24, 2.45) is 0 Å². The molecule has 4 rings (SSSR count). The summed E-state index contributed by atoms with van der Waals surface area (Å²) >= 11 is 0. The summed E-state index contributed by atoms with van der Waals surface area (Å²) in [5, 5.41) is 10.5. The smallest absolute Gasteiger partial charge is 0.237 e. The van der Waals surface area contributed by atoms with E-state index in [1.165, 1.54) is 0 Å². The molecule has 2 amide bonds. The van der Waals surface area contributed by atoms with Crippen molar-refractivity contribution in [3.63, 3.8) is 0 Å². The van der Waals surface area contributed by atoms with E-state index in [4.69, 9.17) is 4.63 Å². The van der Waals surface area contributed by atoms with E-state index in [-0.39, 0.29) is 18.2 Å². The molecule has 0 saturated carbocycles. The quantitative estimate of drug-likeness (QED) is 0.664. The van der Waals surface area contributed by atoms with Crippen molar-refractivity contribution in [2.45, 2.75) is 25.6 Å². The Morgan fingerprint density at radius 3 is 2.97 bits per heavy atom. The first-order valence-corrected chi connectivity index (χ1v) is 9.47. The SMILES string of the molecule is CN(Cc1ccc2nonc2c1)C(=O)C[C@@H]1C(=O)NCCN1Cc1ccccn1. The molecular formula is C20H22N6O3. The number of nitrogens with one attached hydrogen (secondary N) is 1. The first-order valence-electron chi connectivity index (χ1n) is 9.47. The van der Waals surface area contributed by atoms with Gasteiger partial charge in [0.2, 0.25) is 11.8 Å². The fourth-order valence-electron chi connectivity index (χ4n) is 3.48. The minimum atomic E-state index is -0.511. The van der Waals surface area contributed by atoms with E-state index in [1.54, 1.807) is 18.1 Å². The number of benzene rings is 1. The molecule has 3 aromatic rings. The van der Waals surface area contributed by atoms with Crippen LogP contribution < -0.4 is 5.32 Å². The summed E-state index contributed by atoms with van der Waals surface area (Å²) in [5.41, 5.74) is 3.12. The Bertz CT molecular complexity index is 1010. The molecule has 0 bridgehead atoms. The second-order valence-corrected chi connectivity index (χ2v) is 7.14. The summed E-state index contributed by atoms with van der Waals surface area (Å²) < 4.78 is 4.71. The highest BCUT2D eigenvalue weighted by Crippen LogP contribution is 2.16. The Hall–Kier alpha value is -3.33. The standard InChI is InChI=1S/C20H22N6O3/c1-25(12-14-5-6-16-17(10-14)24-29-23-16)19(27)11-18-20(28)22-8-9-26(18)13-15-4-2-3-7-21-15/h2-7,10,18H,8-9,11-13H2,1H3,(H,22,28)/t18-/m1/s1. The van der Waals surface area contributed by atoms with Crippen LogP contribution in [0.5, 0.6) is 0 Å². The first kappa shape index (κ1) is 19.0. The molecule has 3 heterocycles. The highest BCUT2D eigenvalue weighted by molar-refractivity contribution is 5.88. The van der Waals surface area contributed by atoms with Gasteiger partial charge in [0.05, 0.1) is 18.2 Å². The van der Waals surface area contributed by atoms with E-state index in [1.807, 2.05) is 41.3 Å². The molecule has 1 aliphatic heterocycles. The Labute approximate surface area is 167 Å². The largest absolute Gasteiger partial charge is 0.353 e. The molecule has 9 heteroatoms. The maximum atomic E-state index is 12.8. The van der Waals surface area contributed by atoms with Gasteiger partial charge in [0, 0.05) is 39.4 Å². The molecule has 0 unspecified atom stereocenters. The lowest BCUT2D eigenvalue weighted by atomic mass is 10.1. The van der Waals surface area contributed by atoms with Crippen LogP contribution in [0, 0.1) is 0 Å². The lowest BCUT2D eigenvalue weighted by Crippen LogP contribution is -2.56. The maximum absolute atomic E-state index is 12.8. The van der Waals surface area contributed by atoms with Crippen LogP contribution in [0.1, 0.15) is 17.7 Å². The summed E-state index contributed by atoms with van der Waals surface area (Å²) in [5.74, 6) is -0.222. The van der Waals surface area contributed by atoms with Crippen LogP contribution in [-0.2, 0) is 22.7 Å². The summed E-state index contributed by atoms with van der Waals surface area (Å²) in [4.78, 5) is 33.3. The van der Waals surface area contributed by atoms with Gasteiger partial charge in [-0.25, -0.2) is 4.63 Å². The van der Waals surface area contributed by atoms with E-state index >= 15 is 0 Å². The van der Waals surface area contributed by atoms with Gasteiger partial charge in [-0.3, -0.25) is 19.5 Å². The van der Waals surface area contributed by atoms with Gasteiger partial charge < -0.3 is 10.2 Å². The zero-order valence-electron chi connectivity index (χ0n) is 16.1. The van der Waals surface area contributed by atoms with E-state index in [2.05, 4.69) is 20.6 Å². The van der Waals surface area contributed by atoms with Crippen molar-refractivity contribution in [3.05, 3.63) is 53.9 Å². The van der Waals surface area contributed by atoms with Crippen LogP contribution in [0.15, 0.2) is 47.2 Å². The Morgan fingerprint density at radius 1 is 1.28 bits per heavy atom. The molecule has 29 heavy (non-hydrogen) atoms. The van der Waals surface area contributed by atoms with E-state index in [0.717, 1.165) is 11.3 Å². The number of piperazine rings is 1. The molecule has 1 saturated heterocycles. The van der Waals surface area contributed by atoms with E-state index in [0.29, 0.717) is 37.2 Å². The van der Waals surface area contributed by atoms with Crippen molar-refractivity contribution in [2.75, 3.05) is 20.1 Å². The number of rotatable bonds is 6. The topological polar surface area (TPSA) is 104 Å². The number of carbonyl (C=O) groups is 2. The van der Waals surface area contributed by atoms with Crippen molar-refractivity contribution >= 4 is 22.8 Å². The van der Waals surface area contributed by atoms with Crippen LogP contribution in [0.3, 0.4) is 0 Å². The number of nitrogens with zero attached hydrogens (tertiary/aromatic N) is 5. The van der Waals surface area contributed by atoms with Gasteiger partial charge >= 0.3 is 0 Å². The van der Waals surface area contributed by atoms with Crippen LogP contribution in [0.2, 0.25) is 0 Å². The number of amides is 2.